The first-order valence-electron chi connectivity index (χ1n) is 7.00. The Morgan fingerprint density at radius 2 is 2.09 bits per heavy atom. The maximum Gasteiger partial charge on any atom is 0.244 e. The standard InChI is InChI=1S/C15H18N6O/c1-11(2)15(3,10-16)17-13(22)9-21-19-14(18-20-21)12-7-5-4-6-8-12/h4-8,11H,9H2,1-3H3,(H,17,22). The lowest BCUT2D eigenvalue weighted by atomic mass is 9.90. The Morgan fingerprint density at radius 1 is 1.41 bits per heavy atom. The molecule has 1 N–H and O–H groups in total. The van der Waals surface area contributed by atoms with Crippen molar-refractivity contribution in [1.29, 1.82) is 5.26 Å². The van der Waals surface area contributed by atoms with Crippen molar-refractivity contribution in [3.05, 3.63) is 30.3 Å². The minimum absolute atomic E-state index is 0.00923. The number of aromatic nitrogens is 4. The number of hydrogen-bond acceptors (Lipinski definition) is 5. The first kappa shape index (κ1) is 15.6. The summed E-state index contributed by atoms with van der Waals surface area (Å²) in [5.74, 6) is 0.125. The van der Waals surface area contributed by atoms with Crippen LogP contribution in [0.3, 0.4) is 0 Å². The van der Waals surface area contributed by atoms with Gasteiger partial charge >= 0.3 is 0 Å². The quantitative estimate of drug-likeness (QED) is 0.899. The van der Waals surface area contributed by atoms with E-state index < -0.39 is 5.54 Å². The summed E-state index contributed by atoms with van der Waals surface area (Å²) in [6.45, 7) is 5.37. The third-order valence-corrected chi connectivity index (χ3v) is 3.56. The fourth-order valence-electron chi connectivity index (χ4n) is 1.77. The zero-order chi connectivity index (χ0) is 16.2. The molecule has 1 atom stereocenters. The van der Waals surface area contributed by atoms with Crippen LogP contribution in [-0.2, 0) is 11.3 Å². The Morgan fingerprint density at radius 3 is 2.68 bits per heavy atom. The summed E-state index contributed by atoms with van der Waals surface area (Å²) in [6, 6.07) is 11.5. The molecule has 1 aromatic carbocycles. The van der Waals surface area contributed by atoms with Crippen LogP contribution in [0, 0.1) is 17.2 Å². The van der Waals surface area contributed by atoms with Crippen molar-refractivity contribution in [3.63, 3.8) is 0 Å². The molecule has 0 saturated carbocycles. The molecule has 1 amide bonds. The Kier molecular flexibility index (Phi) is 4.51. The van der Waals surface area contributed by atoms with E-state index >= 15 is 0 Å². The predicted molar refractivity (Wildman–Crippen MR) is 80.3 cm³/mol. The zero-order valence-electron chi connectivity index (χ0n) is 12.8. The third-order valence-electron chi connectivity index (χ3n) is 3.56. The highest BCUT2D eigenvalue weighted by Crippen LogP contribution is 2.15. The van der Waals surface area contributed by atoms with E-state index in [-0.39, 0.29) is 18.4 Å². The largest absolute Gasteiger partial charge is 0.336 e. The van der Waals surface area contributed by atoms with Crippen LogP contribution in [0.2, 0.25) is 0 Å². The number of rotatable bonds is 5. The fraction of sp³-hybridized carbons (Fsp3) is 0.400. The van der Waals surface area contributed by atoms with Gasteiger partial charge in [-0.3, -0.25) is 4.79 Å². The first-order chi connectivity index (χ1) is 10.4. The van der Waals surface area contributed by atoms with Crippen molar-refractivity contribution >= 4 is 5.91 Å². The summed E-state index contributed by atoms with van der Waals surface area (Å²) < 4.78 is 0. The molecule has 0 spiro atoms. The SMILES string of the molecule is CC(C)C(C)(C#N)NC(=O)Cn1nnc(-c2ccccc2)n1. The molecule has 0 aliphatic carbocycles. The molecule has 0 bridgehead atoms. The average molecular weight is 298 g/mol. The van der Waals surface area contributed by atoms with Gasteiger partial charge in [0.25, 0.3) is 0 Å². The lowest BCUT2D eigenvalue weighted by Gasteiger charge is -2.27. The van der Waals surface area contributed by atoms with Gasteiger partial charge in [-0.2, -0.15) is 10.1 Å². The van der Waals surface area contributed by atoms with Crippen LogP contribution < -0.4 is 5.32 Å². The van der Waals surface area contributed by atoms with Gasteiger partial charge in [-0.15, -0.1) is 10.2 Å². The Balaban J connectivity index is 2.05. The average Bonchev–Trinajstić information content (AvgIpc) is 2.96. The van der Waals surface area contributed by atoms with Gasteiger partial charge in [0.2, 0.25) is 11.7 Å². The van der Waals surface area contributed by atoms with Crippen LogP contribution in [0.25, 0.3) is 11.4 Å². The number of tetrazole rings is 1. The zero-order valence-corrected chi connectivity index (χ0v) is 12.8. The van der Waals surface area contributed by atoms with Gasteiger partial charge in [-0.05, 0) is 18.1 Å². The summed E-state index contributed by atoms with van der Waals surface area (Å²) in [5, 5.41) is 23.9. The van der Waals surface area contributed by atoms with Crippen molar-refractivity contribution in [3.8, 4) is 17.5 Å². The molecule has 1 unspecified atom stereocenters. The van der Waals surface area contributed by atoms with Crippen molar-refractivity contribution in [2.24, 2.45) is 5.92 Å². The predicted octanol–water partition coefficient (Wildman–Crippen LogP) is 1.39. The van der Waals surface area contributed by atoms with Gasteiger partial charge < -0.3 is 5.32 Å². The molecule has 2 rings (SSSR count). The number of benzene rings is 1. The second kappa shape index (κ2) is 6.35. The maximum absolute atomic E-state index is 12.0. The summed E-state index contributed by atoms with van der Waals surface area (Å²) in [7, 11) is 0. The summed E-state index contributed by atoms with van der Waals surface area (Å²) in [4.78, 5) is 13.3. The second-order valence-corrected chi connectivity index (χ2v) is 5.53. The van der Waals surface area contributed by atoms with E-state index in [1.807, 2.05) is 44.2 Å². The summed E-state index contributed by atoms with van der Waals surface area (Å²) >= 11 is 0. The van der Waals surface area contributed by atoms with Gasteiger partial charge in [0.05, 0.1) is 6.07 Å². The number of nitrogens with one attached hydrogen (secondary N) is 1. The number of carbonyl (C=O) groups excluding carboxylic acids is 1. The van der Waals surface area contributed by atoms with Crippen LogP contribution >= 0.6 is 0 Å². The molecule has 1 aromatic heterocycles. The molecule has 0 fully saturated rings. The second-order valence-electron chi connectivity index (χ2n) is 5.53. The highest BCUT2D eigenvalue weighted by molar-refractivity contribution is 5.77. The molecular weight excluding hydrogens is 280 g/mol. The lowest BCUT2D eigenvalue weighted by Crippen LogP contribution is -2.50. The molecule has 0 aliphatic rings. The third kappa shape index (κ3) is 3.47. The van der Waals surface area contributed by atoms with Crippen molar-refractivity contribution < 1.29 is 4.79 Å². The van der Waals surface area contributed by atoms with Crippen LogP contribution in [0.4, 0.5) is 0 Å². The van der Waals surface area contributed by atoms with Gasteiger partial charge in [0.15, 0.2) is 0 Å². The van der Waals surface area contributed by atoms with Gasteiger partial charge in [-0.1, -0.05) is 44.2 Å². The number of amides is 1. The lowest BCUT2D eigenvalue weighted by molar-refractivity contribution is -0.123. The maximum atomic E-state index is 12.0. The number of hydrogen-bond donors (Lipinski definition) is 1. The molecular formula is C15H18N6O. The number of nitriles is 1. The first-order valence-corrected chi connectivity index (χ1v) is 7.00. The van der Waals surface area contributed by atoms with E-state index in [2.05, 4.69) is 26.8 Å². The molecule has 7 heteroatoms. The molecule has 2 aromatic rings. The minimum Gasteiger partial charge on any atom is -0.336 e. The number of nitrogens with zero attached hydrogens (tertiary/aromatic N) is 5. The van der Waals surface area contributed by atoms with Gasteiger partial charge in [-0.25, -0.2) is 0 Å². The molecule has 0 radical (unpaired) electrons. The van der Waals surface area contributed by atoms with Crippen LogP contribution in [0.15, 0.2) is 30.3 Å². The smallest absolute Gasteiger partial charge is 0.244 e. The van der Waals surface area contributed by atoms with Crippen LogP contribution in [0.1, 0.15) is 20.8 Å². The minimum atomic E-state index is -0.917. The van der Waals surface area contributed by atoms with Crippen LogP contribution in [-0.4, -0.2) is 31.7 Å². The molecule has 7 nitrogen and oxygen atoms in total. The van der Waals surface area contributed by atoms with E-state index in [9.17, 15) is 10.1 Å². The van der Waals surface area contributed by atoms with E-state index in [1.165, 1.54) is 4.80 Å². The van der Waals surface area contributed by atoms with Crippen molar-refractivity contribution in [2.45, 2.75) is 32.9 Å². The van der Waals surface area contributed by atoms with E-state index in [0.29, 0.717) is 5.82 Å². The Labute approximate surface area is 128 Å². The van der Waals surface area contributed by atoms with E-state index in [1.54, 1.807) is 6.92 Å². The summed E-state index contributed by atoms with van der Waals surface area (Å²) in [5.41, 5.74) is -0.0851. The van der Waals surface area contributed by atoms with Crippen molar-refractivity contribution in [2.75, 3.05) is 0 Å². The highest BCUT2D eigenvalue weighted by Gasteiger charge is 2.30. The molecule has 22 heavy (non-hydrogen) atoms. The summed E-state index contributed by atoms with van der Waals surface area (Å²) in [6.07, 6.45) is 0. The van der Waals surface area contributed by atoms with Gasteiger partial charge in [0.1, 0.15) is 12.1 Å². The van der Waals surface area contributed by atoms with Gasteiger partial charge in [0, 0.05) is 5.56 Å². The Bertz CT molecular complexity index is 688. The normalized spacial score (nSPS) is 13.4. The highest BCUT2D eigenvalue weighted by atomic mass is 16.2. The fourth-order valence-corrected chi connectivity index (χ4v) is 1.77. The molecule has 0 saturated heterocycles. The Hall–Kier alpha value is -2.75. The molecule has 0 aliphatic heterocycles. The molecule has 114 valence electrons. The number of carbonyl (C=O) groups is 1. The van der Waals surface area contributed by atoms with E-state index in [0.717, 1.165) is 5.56 Å². The topological polar surface area (TPSA) is 96.5 Å². The monoisotopic (exact) mass is 298 g/mol. The van der Waals surface area contributed by atoms with Crippen LogP contribution in [0.5, 0.6) is 0 Å². The van der Waals surface area contributed by atoms with Crippen molar-refractivity contribution in [1.82, 2.24) is 25.5 Å². The molecule has 1 heterocycles. The van der Waals surface area contributed by atoms with E-state index in [4.69, 9.17) is 0 Å².